The molecule has 1 aromatic rings. The van der Waals surface area contributed by atoms with Crippen LogP contribution in [-0.2, 0) is 4.79 Å². The van der Waals surface area contributed by atoms with Crippen LogP contribution in [0.4, 0.5) is 5.82 Å². The number of amides is 1. The minimum Gasteiger partial charge on any atom is -0.423 e. The highest BCUT2D eigenvalue weighted by atomic mass is 16.4. The second-order valence-electron chi connectivity index (χ2n) is 5.77. The van der Waals surface area contributed by atoms with E-state index in [2.05, 4.69) is 14.8 Å². The zero-order chi connectivity index (χ0) is 15.0. The number of nitrogens with zero attached hydrogens (tertiary/aromatic N) is 3. The van der Waals surface area contributed by atoms with Gasteiger partial charge in [0.25, 0.3) is 0 Å². The van der Waals surface area contributed by atoms with Crippen molar-refractivity contribution in [2.45, 2.75) is 38.3 Å². The summed E-state index contributed by atoms with van der Waals surface area (Å²) in [5.41, 5.74) is 0.390. The quantitative estimate of drug-likeness (QED) is 0.723. The van der Waals surface area contributed by atoms with Crippen molar-refractivity contribution in [2.24, 2.45) is 0 Å². The van der Waals surface area contributed by atoms with E-state index in [-0.39, 0.29) is 18.0 Å². The van der Waals surface area contributed by atoms with E-state index < -0.39 is 7.12 Å². The van der Waals surface area contributed by atoms with Crippen LogP contribution in [0.25, 0.3) is 0 Å². The van der Waals surface area contributed by atoms with Crippen molar-refractivity contribution in [1.29, 1.82) is 0 Å². The molecule has 3 rings (SSSR count). The second-order valence-corrected chi connectivity index (χ2v) is 5.77. The molecule has 2 N–H and O–H groups in total. The van der Waals surface area contributed by atoms with Gasteiger partial charge in [-0.2, -0.15) is 0 Å². The highest BCUT2D eigenvalue weighted by Gasteiger charge is 2.42. The lowest BCUT2D eigenvalue weighted by Gasteiger charge is -2.41. The van der Waals surface area contributed by atoms with E-state index in [1.807, 2.05) is 13.0 Å². The molecule has 6 nitrogen and oxygen atoms in total. The molecule has 2 saturated heterocycles. The minimum absolute atomic E-state index is 0.244. The lowest BCUT2D eigenvalue weighted by atomic mass is 9.82. The monoisotopic (exact) mass is 289 g/mol. The molecule has 2 atom stereocenters. The molecule has 112 valence electrons. The number of hydrogen-bond donors (Lipinski definition) is 2. The maximum absolute atomic E-state index is 12.0. The first-order valence-corrected chi connectivity index (χ1v) is 7.48. The van der Waals surface area contributed by atoms with Gasteiger partial charge in [-0.15, -0.1) is 0 Å². The zero-order valence-electron chi connectivity index (χ0n) is 12.1. The highest BCUT2D eigenvalue weighted by molar-refractivity contribution is 6.58. The molecule has 2 bridgehead atoms. The van der Waals surface area contributed by atoms with Gasteiger partial charge >= 0.3 is 7.12 Å². The van der Waals surface area contributed by atoms with Gasteiger partial charge in [-0.1, -0.05) is 13.0 Å². The van der Waals surface area contributed by atoms with Gasteiger partial charge in [0.15, 0.2) is 0 Å². The summed E-state index contributed by atoms with van der Waals surface area (Å²) in [4.78, 5) is 20.6. The van der Waals surface area contributed by atoms with E-state index >= 15 is 0 Å². The predicted molar refractivity (Wildman–Crippen MR) is 80.2 cm³/mol. The van der Waals surface area contributed by atoms with Crippen molar-refractivity contribution in [2.75, 3.05) is 18.0 Å². The van der Waals surface area contributed by atoms with Crippen LogP contribution in [0, 0.1) is 0 Å². The molecule has 2 unspecified atom stereocenters. The van der Waals surface area contributed by atoms with Crippen molar-refractivity contribution >= 4 is 24.3 Å². The fourth-order valence-electron chi connectivity index (χ4n) is 3.42. The summed E-state index contributed by atoms with van der Waals surface area (Å²) in [7, 11) is -1.48. The third-order valence-corrected chi connectivity index (χ3v) is 4.47. The minimum atomic E-state index is -1.48. The predicted octanol–water partition coefficient (Wildman–Crippen LogP) is -0.649. The highest BCUT2D eigenvalue weighted by Crippen LogP contribution is 2.32. The first kappa shape index (κ1) is 14.3. The van der Waals surface area contributed by atoms with Gasteiger partial charge in [0.1, 0.15) is 5.82 Å². The van der Waals surface area contributed by atoms with Crippen LogP contribution in [-0.4, -0.2) is 58.1 Å². The maximum atomic E-state index is 12.0. The third kappa shape index (κ3) is 2.63. The van der Waals surface area contributed by atoms with E-state index in [9.17, 15) is 4.79 Å². The Hall–Kier alpha value is -1.60. The normalized spacial score (nSPS) is 24.3. The summed E-state index contributed by atoms with van der Waals surface area (Å²) in [5.74, 6) is 1.08. The molecule has 1 amide bonds. The third-order valence-electron chi connectivity index (χ3n) is 4.47. The Morgan fingerprint density at radius 2 is 2.00 bits per heavy atom. The number of anilines is 1. The zero-order valence-corrected chi connectivity index (χ0v) is 12.1. The number of piperazine rings is 1. The molecule has 2 aliphatic heterocycles. The first-order valence-electron chi connectivity index (χ1n) is 7.48. The van der Waals surface area contributed by atoms with E-state index in [4.69, 9.17) is 10.0 Å². The van der Waals surface area contributed by atoms with Crippen LogP contribution in [0.3, 0.4) is 0 Å². The van der Waals surface area contributed by atoms with Gasteiger partial charge in [-0.25, -0.2) is 4.98 Å². The summed E-state index contributed by atoms with van der Waals surface area (Å²) in [5, 5.41) is 18.2. The van der Waals surface area contributed by atoms with Gasteiger partial charge in [0, 0.05) is 43.3 Å². The number of carbonyl (C=O) groups excluding carboxylic acids is 1. The molecule has 3 heterocycles. The van der Waals surface area contributed by atoms with Gasteiger partial charge in [0.05, 0.1) is 0 Å². The first-order chi connectivity index (χ1) is 10.1. The van der Waals surface area contributed by atoms with Gasteiger partial charge in [0.2, 0.25) is 5.91 Å². The van der Waals surface area contributed by atoms with Crippen LogP contribution in [0.2, 0.25) is 0 Å². The number of aromatic nitrogens is 1. The number of hydrogen-bond acceptors (Lipinski definition) is 5. The van der Waals surface area contributed by atoms with Gasteiger partial charge in [-0.05, 0) is 18.9 Å². The van der Waals surface area contributed by atoms with Crippen molar-refractivity contribution in [3.05, 3.63) is 18.3 Å². The molecule has 2 fully saturated rings. The van der Waals surface area contributed by atoms with Crippen LogP contribution >= 0.6 is 0 Å². The van der Waals surface area contributed by atoms with E-state index in [1.54, 1.807) is 6.07 Å². The Kier molecular flexibility index (Phi) is 3.86. The van der Waals surface area contributed by atoms with E-state index in [0.717, 1.165) is 31.7 Å². The van der Waals surface area contributed by atoms with Crippen LogP contribution < -0.4 is 10.4 Å². The molecular weight excluding hydrogens is 269 g/mol. The topological polar surface area (TPSA) is 76.9 Å². The Morgan fingerprint density at radius 1 is 1.33 bits per heavy atom. The number of pyridine rings is 1. The summed E-state index contributed by atoms with van der Waals surface area (Å²) >= 11 is 0. The Labute approximate surface area is 124 Å². The van der Waals surface area contributed by atoms with E-state index in [1.165, 1.54) is 6.20 Å². The van der Waals surface area contributed by atoms with Crippen LogP contribution in [0.15, 0.2) is 18.3 Å². The average Bonchev–Trinajstić information content (AvgIpc) is 2.76. The van der Waals surface area contributed by atoms with Crippen molar-refractivity contribution in [3.8, 4) is 0 Å². The maximum Gasteiger partial charge on any atom is 0.490 e. The Balaban J connectivity index is 1.74. The Morgan fingerprint density at radius 3 is 2.48 bits per heavy atom. The van der Waals surface area contributed by atoms with Gasteiger partial charge in [-0.3, -0.25) is 4.79 Å². The molecule has 0 aliphatic carbocycles. The van der Waals surface area contributed by atoms with Crippen molar-refractivity contribution in [3.63, 3.8) is 0 Å². The molecular formula is C14H20BN3O3. The summed E-state index contributed by atoms with van der Waals surface area (Å²) < 4.78 is 0. The van der Waals surface area contributed by atoms with Crippen LogP contribution in [0.5, 0.6) is 0 Å². The molecule has 1 aromatic heterocycles. The molecule has 0 aromatic carbocycles. The number of rotatable bonds is 3. The van der Waals surface area contributed by atoms with Crippen molar-refractivity contribution < 1.29 is 14.8 Å². The summed E-state index contributed by atoms with van der Waals surface area (Å²) in [6.45, 7) is 3.52. The van der Waals surface area contributed by atoms with E-state index in [0.29, 0.717) is 11.9 Å². The lowest BCUT2D eigenvalue weighted by molar-refractivity contribution is -0.134. The second kappa shape index (κ2) is 5.65. The molecule has 0 saturated carbocycles. The number of carbonyl (C=O) groups is 1. The Bertz CT molecular complexity index is 509. The fraction of sp³-hybridized carbons (Fsp3) is 0.571. The average molecular weight is 289 g/mol. The largest absolute Gasteiger partial charge is 0.490 e. The van der Waals surface area contributed by atoms with Crippen LogP contribution in [0.1, 0.15) is 26.2 Å². The molecule has 0 radical (unpaired) electrons. The lowest BCUT2D eigenvalue weighted by Crippen LogP contribution is -2.56. The fourth-order valence-corrected chi connectivity index (χ4v) is 3.42. The molecule has 2 aliphatic rings. The number of fused-ring (bicyclic) bond motifs is 2. The SMILES string of the molecule is CCC(=O)N1C2CCC1CN(c1ccc(B(O)O)cn1)C2. The standard InChI is InChI=1S/C14H20BN3O3/c1-2-14(19)18-11-4-5-12(18)9-17(8-11)13-6-3-10(7-16-13)15(20)21/h3,6-7,11-12,20-21H,2,4-5,8-9H2,1H3. The summed E-state index contributed by atoms with van der Waals surface area (Å²) in [6, 6.07) is 4.05. The smallest absolute Gasteiger partial charge is 0.423 e. The molecule has 21 heavy (non-hydrogen) atoms. The van der Waals surface area contributed by atoms with Crippen molar-refractivity contribution in [1.82, 2.24) is 9.88 Å². The molecule has 7 heteroatoms. The van der Waals surface area contributed by atoms with Gasteiger partial charge < -0.3 is 19.8 Å². The summed E-state index contributed by atoms with van der Waals surface area (Å²) in [6.07, 6.45) is 4.17. The molecule has 0 spiro atoms.